The molecular weight excluding hydrogens is 485 g/mol. The summed E-state index contributed by atoms with van der Waals surface area (Å²) in [5.41, 5.74) is 2.15. The minimum absolute atomic E-state index is 0. The van der Waals surface area contributed by atoms with Gasteiger partial charge in [-0.05, 0) is 6.07 Å². The quantitative estimate of drug-likeness (QED) is 0.386. The van der Waals surface area contributed by atoms with Crippen molar-refractivity contribution in [2.75, 3.05) is 40.0 Å². The Morgan fingerprint density at radius 1 is 1.28 bits per heavy atom. The standard InChI is InChI=1S/C20H27N5O3.HI/c1-21-20(25-7-10-27-18(14-25)16-12-23-24(2)13-16)22-11-15-5-3-6-17-19(15)28-9-4-8-26-17;/h3,5-6,12-13,18H,4,7-11,14H2,1-2H3,(H,21,22);1H. The molecule has 2 aliphatic rings. The van der Waals surface area contributed by atoms with Crippen LogP contribution < -0.4 is 14.8 Å². The maximum atomic E-state index is 5.94. The number of aliphatic imine (C=N–C) groups is 1. The number of ether oxygens (including phenoxy) is 3. The first-order valence-corrected chi connectivity index (χ1v) is 9.68. The third-order valence-corrected chi connectivity index (χ3v) is 4.96. The van der Waals surface area contributed by atoms with E-state index in [1.54, 1.807) is 4.68 Å². The van der Waals surface area contributed by atoms with E-state index in [0.717, 1.165) is 48.1 Å². The first-order valence-electron chi connectivity index (χ1n) is 9.68. The number of fused-ring (bicyclic) bond motifs is 1. The van der Waals surface area contributed by atoms with Crippen molar-refractivity contribution in [1.29, 1.82) is 0 Å². The van der Waals surface area contributed by atoms with Crippen molar-refractivity contribution in [3.8, 4) is 11.5 Å². The Labute approximate surface area is 188 Å². The largest absolute Gasteiger partial charge is 0.490 e. The Morgan fingerprint density at radius 3 is 2.93 bits per heavy atom. The van der Waals surface area contributed by atoms with Gasteiger partial charge in [0, 0.05) is 50.9 Å². The molecule has 3 heterocycles. The third kappa shape index (κ3) is 5.13. The molecule has 2 aromatic rings. The molecule has 0 radical (unpaired) electrons. The van der Waals surface area contributed by atoms with E-state index < -0.39 is 0 Å². The van der Waals surface area contributed by atoms with Crippen LogP contribution in [-0.2, 0) is 18.3 Å². The van der Waals surface area contributed by atoms with E-state index in [1.165, 1.54) is 0 Å². The van der Waals surface area contributed by atoms with Crippen LogP contribution >= 0.6 is 24.0 Å². The zero-order valence-corrected chi connectivity index (χ0v) is 19.2. The number of nitrogens with one attached hydrogen (secondary N) is 1. The lowest BCUT2D eigenvalue weighted by Crippen LogP contribution is -2.47. The van der Waals surface area contributed by atoms with Crippen molar-refractivity contribution in [2.45, 2.75) is 19.1 Å². The van der Waals surface area contributed by atoms with E-state index in [9.17, 15) is 0 Å². The number of hydrogen-bond acceptors (Lipinski definition) is 5. The van der Waals surface area contributed by atoms with E-state index in [0.29, 0.717) is 26.4 Å². The average Bonchev–Trinajstić information content (AvgIpc) is 3.01. The smallest absolute Gasteiger partial charge is 0.194 e. The second kappa shape index (κ2) is 10.1. The summed E-state index contributed by atoms with van der Waals surface area (Å²) in [6, 6.07) is 6.02. The summed E-state index contributed by atoms with van der Waals surface area (Å²) in [6.45, 7) is 4.16. The SMILES string of the molecule is CN=C(NCc1cccc2c1OCCCO2)N1CCOC(c2cnn(C)c2)C1.I. The summed E-state index contributed by atoms with van der Waals surface area (Å²) in [6.07, 6.45) is 4.75. The first kappa shape index (κ1) is 21.7. The van der Waals surface area contributed by atoms with Crippen LogP contribution in [0.2, 0.25) is 0 Å². The molecule has 1 N–H and O–H groups in total. The molecule has 1 unspecified atom stereocenters. The van der Waals surface area contributed by atoms with Gasteiger partial charge in [0.05, 0.1) is 32.6 Å². The zero-order valence-electron chi connectivity index (χ0n) is 16.8. The first-order chi connectivity index (χ1) is 13.7. The Morgan fingerprint density at radius 2 is 2.14 bits per heavy atom. The van der Waals surface area contributed by atoms with Crippen LogP contribution in [0.5, 0.6) is 11.5 Å². The number of morpholine rings is 1. The van der Waals surface area contributed by atoms with Gasteiger partial charge in [-0.3, -0.25) is 9.67 Å². The summed E-state index contributed by atoms with van der Waals surface area (Å²) in [5, 5.41) is 7.72. The van der Waals surface area contributed by atoms with Crippen molar-refractivity contribution in [2.24, 2.45) is 12.0 Å². The van der Waals surface area contributed by atoms with E-state index in [4.69, 9.17) is 14.2 Å². The monoisotopic (exact) mass is 513 g/mol. The average molecular weight is 513 g/mol. The molecule has 1 aromatic heterocycles. The molecule has 1 aromatic carbocycles. The van der Waals surface area contributed by atoms with Gasteiger partial charge in [0.15, 0.2) is 17.5 Å². The van der Waals surface area contributed by atoms with Gasteiger partial charge < -0.3 is 24.4 Å². The molecule has 8 nitrogen and oxygen atoms in total. The highest BCUT2D eigenvalue weighted by Crippen LogP contribution is 2.33. The molecule has 4 rings (SSSR count). The molecule has 9 heteroatoms. The van der Waals surface area contributed by atoms with Crippen LogP contribution in [0, 0.1) is 0 Å². The molecule has 29 heavy (non-hydrogen) atoms. The normalized spacial score (nSPS) is 19.3. The minimum atomic E-state index is -0.00858. The maximum Gasteiger partial charge on any atom is 0.194 e. The summed E-state index contributed by atoms with van der Waals surface area (Å²) < 4.78 is 19.4. The number of hydrogen-bond donors (Lipinski definition) is 1. The van der Waals surface area contributed by atoms with Gasteiger partial charge in [-0.15, -0.1) is 24.0 Å². The molecule has 2 aliphatic heterocycles. The lowest BCUT2D eigenvalue weighted by Gasteiger charge is -2.34. The second-order valence-corrected chi connectivity index (χ2v) is 6.95. The summed E-state index contributed by atoms with van der Waals surface area (Å²) in [4.78, 5) is 6.70. The van der Waals surface area contributed by atoms with Gasteiger partial charge in [-0.1, -0.05) is 12.1 Å². The number of para-hydroxylation sites is 1. The molecular formula is C20H28IN5O3. The van der Waals surface area contributed by atoms with E-state index >= 15 is 0 Å². The topological polar surface area (TPSA) is 73.1 Å². The lowest BCUT2D eigenvalue weighted by atomic mass is 10.1. The number of nitrogens with zero attached hydrogens (tertiary/aromatic N) is 4. The van der Waals surface area contributed by atoms with E-state index in [-0.39, 0.29) is 30.1 Å². The third-order valence-electron chi connectivity index (χ3n) is 4.96. The molecule has 0 bridgehead atoms. The highest BCUT2D eigenvalue weighted by atomic mass is 127. The minimum Gasteiger partial charge on any atom is -0.490 e. The number of guanidine groups is 1. The van der Waals surface area contributed by atoms with E-state index in [1.807, 2.05) is 38.6 Å². The molecule has 0 saturated carbocycles. The van der Waals surface area contributed by atoms with Crippen LogP contribution in [-0.4, -0.2) is 60.6 Å². The fourth-order valence-corrected chi connectivity index (χ4v) is 3.55. The maximum absolute atomic E-state index is 5.94. The van der Waals surface area contributed by atoms with Gasteiger partial charge in [0.1, 0.15) is 6.10 Å². The Balaban J connectivity index is 0.00000240. The molecule has 0 amide bonds. The Bertz CT molecular complexity index is 841. The molecule has 0 aliphatic carbocycles. The van der Waals surface area contributed by atoms with Crippen LogP contribution in [0.3, 0.4) is 0 Å². The number of halogens is 1. The number of aromatic nitrogens is 2. The molecule has 0 spiro atoms. The van der Waals surface area contributed by atoms with Crippen LogP contribution in [0.25, 0.3) is 0 Å². The highest BCUT2D eigenvalue weighted by Gasteiger charge is 2.25. The molecule has 1 fully saturated rings. The van der Waals surface area contributed by atoms with Crippen LogP contribution in [0.1, 0.15) is 23.7 Å². The van der Waals surface area contributed by atoms with Gasteiger partial charge in [0.25, 0.3) is 0 Å². The lowest BCUT2D eigenvalue weighted by molar-refractivity contribution is -0.00805. The van der Waals surface area contributed by atoms with Crippen LogP contribution in [0.15, 0.2) is 35.6 Å². The van der Waals surface area contributed by atoms with Crippen molar-refractivity contribution < 1.29 is 14.2 Å². The number of aryl methyl sites for hydroxylation is 1. The van der Waals surface area contributed by atoms with Crippen molar-refractivity contribution in [1.82, 2.24) is 20.0 Å². The summed E-state index contributed by atoms with van der Waals surface area (Å²) in [5.74, 6) is 2.50. The Hall–Kier alpha value is -2.01. The van der Waals surface area contributed by atoms with E-state index in [2.05, 4.69) is 26.4 Å². The second-order valence-electron chi connectivity index (χ2n) is 6.95. The summed E-state index contributed by atoms with van der Waals surface area (Å²) >= 11 is 0. The van der Waals surface area contributed by atoms with Crippen molar-refractivity contribution >= 4 is 29.9 Å². The van der Waals surface area contributed by atoms with Gasteiger partial charge in [-0.2, -0.15) is 5.10 Å². The Kier molecular flexibility index (Phi) is 7.59. The molecule has 158 valence electrons. The van der Waals surface area contributed by atoms with Gasteiger partial charge in [0.2, 0.25) is 0 Å². The van der Waals surface area contributed by atoms with Gasteiger partial charge >= 0.3 is 0 Å². The zero-order chi connectivity index (χ0) is 19.3. The summed E-state index contributed by atoms with van der Waals surface area (Å²) in [7, 11) is 3.72. The predicted molar refractivity (Wildman–Crippen MR) is 121 cm³/mol. The van der Waals surface area contributed by atoms with Gasteiger partial charge in [-0.25, -0.2) is 0 Å². The predicted octanol–water partition coefficient (Wildman–Crippen LogP) is 2.35. The highest BCUT2D eigenvalue weighted by molar-refractivity contribution is 14.0. The van der Waals surface area contributed by atoms with Crippen molar-refractivity contribution in [3.05, 3.63) is 41.7 Å². The van der Waals surface area contributed by atoms with Crippen molar-refractivity contribution in [3.63, 3.8) is 0 Å². The number of rotatable bonds is 3. The van der Waals surface area contributed by atoms with Crippen LogP contribution in [0.4, 0.5) is 0 Å². The fourth-order valence-electron chi connectivity index (χ4n) is 3.55. The fraction of sp³-hybridized carbons (Fsp3) is 0.500. The molecule has 1 atom stereocenters. The molecule has 1 saturated heterocycles. The number of benzene rings is 1.